The van der Waals surface area contributed by atoms with E-state index in [0.717, 1.165) is 0 Å². The summed E-state index contributed by atoms with van der Waals surface area (Å²) < 4.78 is 14.9. The van der Waals surface area contributed by atoms with Gasteiger partial charge in [0, 0.05) is 0 Å². The second-order valence-electron chi connectivity index (χ2n) is 3.05. The molecule has 0 saturated carbocycles. The maximum absolute atomic E-state index is 11.3. The van der Waals surface area contributed by atoms with Crippen LogP contribution in [-0.4, -0.2) is 30.9 Å². The topological polar surface area (TPSA) is 61.8 Å². The number of hydrogen-bond donors (Lipinski definition) is 0. The monoisotopic (exact) mass is 202 g/mol. The first-order chi connectivity index (χ1) is 6.56. The summed E-state index contributed by atoms with van der Waals surface area (Å²) in [7, 11) is 0. The Morgan fingerprint density at radius 3 is 2.36 bits per heavy atom. The Labute approximate surface area is 82.3 Å². The van der Waals surface area contributed by atoms with Gasteiger partial charge in [-0.3, -0.25) is 9.59 Å². The first-order valence-corrected chi connectivity index (χ1v) is 4.54. The summed E-state index contributed by atoms with van der Waals surface area (Å²) in [4.78, 5) is 22.5. The van der Waals surface area contributed by atoms with E-state index in [9.17, 15) is 9.59 Å². The first-order valence-electron chi connectivity index (χ1n) is 4.54. The van der Waals surface area contributed by atoms with Crippen molar-refractivity contribution in [2.75, 3.05) is 6.61 Å². The van der Waals surface area contributed by atoms with Crippen LogP contribution in [0.1, 0.15) is 20.8 Å². The Balaban J connectivity index is 2.56. The maximum Gasteiger partial charge on any atom is 0.321 e. The predicted octanol–water partition coefficient (Wildman–Crippen LogP) is 0.474. The van der Waals surface area contributed by atoms with Crippen LogP contribution in [0.4, 0.5) is 0 Å². The second-order valence-corrected chi connectivity index (χ2v) is 3.05. The molecule has 1 rings (SSSR count). The van der Waals surface area contributed by atoms with Crippen molar-refractivity contribution in [2.45, 2.75) is 33.4 Å². The van der Waals surface area contributed by atoms with Crippen molar-refractivity contribution in [1.82, 2.24) is 0 Å². The average Bonchev–Trinajstić information content (AvgIpc) is 2.01. The van der Waals surface area contributed by atoms with E-state index in [1.807, 2.05) is 0 Å². The summed E-state index contributed by atoms with van der Waals surface area (Å²) in [5, 5.41) is 0. The van der Waals surface area contributed by atoms with Crippen LogP contribution in [0.3, 0.4) is 0 Å². The molecular formula is C9H14O5. The molecule has 1 aliphatic rings. The molecule has 1 fully saturated rings. The van der Waals surface area contributed by atoms with Gasteiger partial charge in [-0.1, -0.05) is 0 Å². The van der Waals surface area contributed by atoms with Gasteiger partial charge in [-0.25, -0.2) is 0 Å². The smallest absolute Gasteiger partial charge is 0.321 e. The van der Waals surface area contributed by atoms with E-state index in [-0.39, 0.29) is 18.7 Å². The fraction of sp³-hybridized carbons (Fsp3) is 0.778. The lowest BCUT2D eigenvalue weighted by Gasteiger charge is -2.36. The van der Waals surface area contributed by atoms with Gasteiger partial charge in [0.25, 0.3) is 0 Å². The lowest BCUT2D eigenvalue weighted by Crippen LogP contribution is -2.49. The summed E-state index contributed by atoms with van der Waals surface area (Å²) in [5.74, 6) is -1.84. The minimum Gasteiger partial charge on any atom is -0.465 e. The highest BCUT2D eigenvalue weighted by atomic mass is 16.9. The number of rotatable bonds is 4. The Bertz CT molecular complexity index is 231. The highest BCUT2D eigenvalue weighted by Gasteiger charge is 2.42. The normalized spacial score (nSPS) is 27.6. The largest absolute Gasteiger partial charge is 0.465 e. The van der Waals surface area contributed by atoms with Gasteiger partial charge >= 0.3 is 5.97 Å². The second kappa shape index (κ2) is 4.52. The average molecular weight is 202 g/mol. The summed E-state index contributed by atoms with van der Waals surface area (Å²) in [5.41, 5.74) is 0. The van der Waals surface area contributed by atoms with Gasteiger partial charge < -0.3 is 14.2 Å². The van der Waals surface area contributed by atoms with Crippen molar-refractivity contribution in [3.63, 3.8) is 0 Å². The highest BCUT2D eigenvalue weighted by molar-refractivity contribution is 5.98. The van der Waals surface area contributed by atoms with Crippen molar-refractivity contribution < 1.29 is 23.8 Å². The molecule has 0 radical (unpaired) electrons. The summed E-state index contributed by atoms with van der Waals surface area (Å²) in [6, 6.07) is 0. The molecule has 14 heavy (non-hydrogen) atoms. The van der Waals surface area contributed by atoms with Crippen LogP contribution in [0.5, 0.6) is 0 Å². The van der Waals surface area contributed by atoms with Gasteiger partial charge in [0.2, 0.25) is 0 Å². The van der Waals surface area contributed by atoms with Gasteiger partial charge in [0.15, 0.2) is 18.5 Å². The zero-order valence-corrected chi connectivity index (χ0v) is 8.48. The summed E-state index contributed by atoms with van der Waals surface area (Å²) >= 11 is 0. The molecule has 0 bridgehead atoms. The molecule has 0 spiro atoms. The van der Waals surface area contributed by atoms with Gasteiger partial charge in [-0.2, -0.15) is 0 Å². The van der Waals surface area contributed by atoms with E-state index < -0.39 is 18.2 Å². The van der Waals surface area contributed by atoms with Crippen molar-refractivity contribution in [3.05, 3.63) is 0 Å². The lowest BCUT2D eigenvalue weighted by atomic mass is 10.0. The van der Waals surface area contributed by atoms with Crippen LogP contribution in [-0.2, 0) is 23.8 Å². The molecule has 0 N–H and O–H groups in total. The molecule has 0 aromatic rings. The molecule has 1 saturated heterocycles. The first kappa shape index (κ1) is 11.1. The minimum atomic E-state index is -0.953. The van der Waals surface area contributed by atoms with Crippen LogP contribution in [0.15, 0.2) is 0 Å². The zero-order chi connectivity index (χ0) is 10.7. The number of ketones is 1. The molecule has 1 heterocycles. The molecule has 80 valence electrons. The van der Waals surface area contributed by atoms with Gasteiger partial charge in [-0.15, -0.1) is 0 Å². The Hall–Kier alpha value is -0.940. The van der Waals surface area contributed by atoms with Gasteiger partial charge in [-0.05, 0) is 20.8 Å². The van der Waals surface area contributed by atoms with Crippen molar-refractivity contribution >= 4 is 11.8 Å². The maximum atomic E-state index is 11.3. The fourth-order valence-corrected chi connectivity index (χ4v) is 1.25. The van der Waals surface area contributed by atoms with Crippen molar-refractivity contribution in [3.8, 4) is 0 Å². The summed E-state index contributed by atoms with van der Waals surface area (Å²) in [6.07, 6.45) is -1.13. The van der Waals surface area contributed by atoms with E-state index in [1.165, 1.54) is 6.92 Å². The molecular weight excluding hydrogens is 188 g/mol. The Morgan fingerprint density at radius 2 is 2.00 bits per heavy atom. The minimum absolute atomic E-state index is 0.241. The molecule has 1 aliphatic heterocycles. The Kier molecular flexibility index (Phi) is 3.60. The van der Waals surface area contributed by atoms with Crippen LogP contribution >= 0.6 is 0 Å². The Morgan fingerprint density at radius 1 is 1.43 bits per heavy atom. The number of Topliss-reactive ketones (excluding diaryl/α,β-unsaturated/α-hetero) is 1. The van der Waals surface area contributed by atoms with Crippen LogP contribution in [0.25, 0.3) is 0 Å². The van der Waals surface area contributed by atoms with Crippen molar-refractivity contribution in [2.24, 2.45) is 5.92 Å². The third-order valence-corrected chi connectivity index (χ3v) is 1.90. The number of hydrogen-bond acceptors (Lipinski definition) is 5. The van der Waals surface area contributed by atoms with Gasteiger partial charge in [0.1, 0.15) is 5.78 Å². The van der Waals surface area contributed by atoms with Crippen LogP contribution in [0, 0.1) is 5.92 Å². The number of carbonyl (C=O) groups is 2. The van der Waals surface area contributed by atoms with E-state index in [4.69, 9.17) is 14.2 Å². The van der Waals surface area contributed by atoms with Crippen LogP contribution < -0.4 is 0 Å². The third-order valence-electron chi connectivity index (χ3n) is 1.90. The number of esters is 1. The van der Waals surface area contributed by atoms with Crippen LogP contribution in [0.2, 0.25) is 0 Å². The predicted molar refractivity (Wildman–Crippen MR) is 46.2 cm³/mol. The number of ether oxygens (including phenoxy) is 3. The highest BCUT2D eigenvalue weighted by Crippen LogP contribution is 2.24. The molecule has 0 aromatic carbocycles. The SMILES string of the molecule is CCOC(=O)C(C(C)=O)C1OC(C)O1. The molecule has 0 amide bonds. The fourth-order valence-electron chi connectivity index (χ4n) is 1.25. The molecule has 5 nitrogen and oxygen atoms in total. The summed E-state index contributed by atoms with van der Waals surface area (Å²) in [6.45, 7) is 4.93. The quantitative estimate of drug-likeness (QED) is 0.490. The molecule has 5 heteroatoms. The lowest BCUT2D eigenvalue weighted by molar-refractivity contribution is -0.384. The molecule has 1 unspecified atom stereocenters. The van der Waals surface area contributed by atoms with E-state index >= 15 is 0 Å². The standard InChI is InChI=1S/C9H14O5/c1-4-12-8(11)7(5(2)10)9-13-6(3)14-9/h6-7,9H,4H2,1-3H3. The van der Waals surface area contributed by atoms with Crippen molar-refractivity contribution in [1.29, 1.82) is 0 Å². The molecule has 0 aliphatic carbocycles. The molecule has 0 aromatic heterocycles. The van der Waals surface area contributed by atoms with E-state index in [1.54, 1.807) is 13.8 Å². The molecule has 1 atom stereocenters. The van der Waals surface area contributed by atoms with E-state index in [0.29, 0.717) is 0 Å². The zero-order valence-electron chi connectivity index (χ0n) is 8.48. The third kappa shape index (κ3) is 2.30. The number of carbonyl (C=O) groups excluding carboxylic acids is 2. The van der Waals surface area contributed by atoms with E-state index in [2.05, 4.69) is 0 Å². The van der Waals surface area contributed by atoms with Gasteiger partial charge in [0.05, 0.1) is 6.61 Å².